The molecule has 1 N–H and O–H groups in total. The lowest BCUT2D eigenvalue weighted by molar-refractivity contribution is -0.141. The van der Waals surface area contributed by atoms with Crippen LogP contribution in [0.1, 0.15) is 37.2 Å². The van der Waals surface area contributed by atoms with Crippen LogP contribution in [0.2, 0.25) is 0 Å². The van der Waals surface area contributed by atoms with E-state index in [1.54, 1.807) is 6.92 Å². The minimum absolute atomic E-state index is 0.00889. The average Bonchev–Trinajstić information content (AvgIpc) is 2.39. The van der Waals surface area contributed by atoms with Crippen molar-refractivity contribution >= 4 is 0 Å². The maximum atomic E-state index is 12.8. The van der Waals surface area contributed by atoms with Crippen LogP contribution in [0.4, 0.5) is 13.2 Å². The van der Waals surface area contributed by atoms with E-state index in [0.29, 0.717) is 6.54 Å². The first-order chi connectivity index (χ1) is 9.00. The maximum Gasteiger partial charge on any atom is 0.433 e. The van der Waals surface area contributed by atoms with Crippen molar-refractivity contribution in [2.45, 2.75) is 31.9 Å². The van der Waals surface area contributed by atoms with Gasteiger partial charge in [-0.2, -0.15) is 18.2 Å². The van der Waals surface area contributed by atoms with Crippen LogP contribution in [0.15, 0.2) is 6.07 Å². The largest absolute Gasteiger partial charge is 0.478 e. The number of halogens is 3. The molecule has 0 radical (unpaired) electrons. The van der Waals surface area contributed by atoms with Gasteiger partial charge in [0.15, 0.2) is 5.69 Å². The van der Waals surface area contributed by atoms with Gasteiger partial charge in [-0.3, -0.25) is 0 Å². The van der Waals surface area contributed by atoms with E-state index in [1.807, 2.05) is 0 Å². The van der Waals surface area contributed by atoms with Crippen LogP contribution in [0.3, 0.4) is 0 Å². The molecule has 0 saturated carbocycles. The Bertz CT molecular complexity index is 431. The van der Waals surface area contributed by atoms with Gasteiger partial charge in [0.25, 0.3) is 0 Å². The third-order valence-corrected chi connectivity index (χ3v) is 2.96. The van der Waals surface area contributed by atoms with E-state index in [-0.39, 0.29) is 24.2 Å². The van der Waals surface area contributed by atoms with Crippen molar-refractivity contribution in [1.82, 2.24) is 15.3 Å². The van der Waals surface area contributed by atoms with Crippen LogP contribution >= 0.6 is 0 Å². The van der Waals surface area contributed by atoms with Gasteiger partial charge in [0.2, 0.25) is 5.88 Å². The van der Waals surface area contributed by atoms with Crippen molar-refractivity contribution in [3.63, 3.8) is 0 Å². The predicted molar refractivity (Wildman–Crippen MR) is 63.0 cm³/mol. The van der Waals surface area contributed by atoms with Crippen LogP contribution in [-0.2, 0) is 6.18 Å². The van der Waals surface area contributed by atoms with Gasteiger partial charge >= 0.3 is 6.18 Å². The molecule has 2 heterocycles. The molecule has 106 valence electrons. The SMILES string of the molecule is CCOc1cc(C(F)(F)F)nc(C2CCCNC2)n1. The summed E-state index contributed by atoms with van der Waals surface area (Å²) >= 11 is 0. The molecular weight excluding hydrogens is 259 g/mol. The predicted octanol–water partition coefficient (Wildman–Crippen LogP) is 2.36. The summed E-state index contributed by atoms with van der Waals surface area (Å²) in [5.74, 6) is 0.117. The highest BCUT2D eigenvalue weighted by molar-refractivity contribution is 5.20. The van der Waals surface area contributed by atoms with Crippen LogP contribution in [0.5, 0.6) is 5.88 Å². The van der Waals surface area contributed by atoms with E-state index in [1.165, 1.54) is 0 Å². The lowest BCUT2D eigenvalue weighted by Gasteiger charge is -2.22. The molecule has 1 aromatic rings. The summed E-state index contributed by atoms with van der Waals surface area (Å²) < 4.78 is 43.5. The minimum atomic E-state index is -4.48. The van der Waals surface area contributed by atoms with Crippen LogP contribution in [-0.4, -0.2) is 29.7 Å². The van der Waals surface area contributed by atoms with E-state index < -0.39 is 11.9 Å². The average molecular weight is 275 g/mol. The molecule has 0 aromatic carbocycles. The Labute approximate surface area is 109 Å². The second-order valence-corrected chi connectivity index (χ2v) is 4.42. The standard InChI is InChI=1S/C12H16F3N3O/c1-2-19-10-6-9(12(13,14)15)17-11(18-10)8-4-3-5-16-7-8/h6,8,16H,2-5,7H2,1H3. The van der Waals surface area contributed by atoms with Crippen molar-refractivity contribution in [3.05, 3.63) is 17.6 Å². The molecule has 1 atom stereocenters. The number of alkyl halides is 3. The quantitative estimate of drug-likeness (QED) is 0.920. The van der Waals surface area contributed by atoms with E-state index in [2.05, 4.69) is 15.3 Å². The van der Waals surface area contributed by atoms with Crippen molar-refractivity contribution < 1.29 is 17.9 Å². The van der Waals surface area contributed by atoms with E-state index in [9.17, 15) is 13.2 Å². The Morgan fingerprint density at radius 3 is 2.79 bits per heavy atom. The first-order valence-electron chi connectivity index (χ1n) is 6.30. The van der Waals surface area contributed by atoms with E-state index >= 15 is 0 Å². The molecular formula is C12H16F3N3O. The summed E-state index contributed by atoms with van der Waals surface area (Å²) in [5, 5.41) is 3.14. The smallest absolute Gasteiger partial charge is 0.433 e. The summed E-state index contributed by atoms with van der Waals surface area (Å²) in [7, 11) is 0. The molecule has 19 heavy (non-hydrogen) atoms. The molecule has 1 aromatic heterocycles. The summed E-state index contributed by atoms with van der Waals surface area (Å²) in [6, 6.07) is 0.850. The molecule has 1 saturated heterocycles. The summed E-state index contributed by atoms with van der Waals surface area (Å²) in [4.78, 5) is 7.74. The molecule has 1 aliphatic rings. The van der Waals surface area contributed by atoms with E-state index in [0.717, 1.165) is 25.5 Å². The van der Waals surface area contributed by atoms with Gasteiger partial charge in [-0.25, -0.2) is 4.98 Å². The number of aromatic nitrogens is 2. The highest BCUT2D eigenvalue weighted by Crippen LogP contribution is 2.31. The molecule has 1 fully saturated rings. The zero-order chi connectivity index (χ0) is 13.9. The first kappa shape index (κ1) is 14.0. The number of nitrogens with one attached hydrogen (secondary N) is 1. The fourth-order valence-electron chi connectivity index (χ4n) is 2.06. The molecule has 1 aliphatic heterocycles. The molecule has 0 amide bonds. The lowest BCUT2D eigenvalue weighted by atomic mass is 9.99. The monoisotopic (exact) mass is 275 g/mol. The third-order valence-electron chi connectivity index (χ3n) is 2.96. The highest BCUT2D eigenvalue weighted by Gasteiger charge is 2.34. The third kappa shape index (κ3) is 3.56. The van der Waals surface area contributed by atoms with Gasteiger partial charge in [-0.15, -0.1) is 0 Å². The van der Waals surface area contributed by atoms with Gasteiger partial charge in [0.1, 0.15) is 5.82 Å². The number of hydrogen-bond acceptors (Lipinski definition) is 4. The number of rotatable bonds is 3. The Kier molecular flexibility index (Phi) is 4.24. The minimum Gasteiger partial charge on any atom is -0.478 e. The Hall–Kier alpha value is -1.37. The first-order valence-corrected chi connectivity index (χ1v) is 6.30. The van der Waals surface area contributed by atoms with Gasteiger partial charge in [0, 0.05) is 18.5 Å². The summed E-state index contributed by atoms with van der Waals surface area (Å²) in [5.41, 5.74) is -0.938. The van der Waals surface area contributed by atoms with Crippen molar-refractivity contribution in [3.8, 4) is 5.88 Å². The summed E-state index contributed by atoms with van der Waals surface area (Å²) in [6.45, 7) is 3.47. The van der Waals surface area contributed by atoms with Gasteiger partial charge < -0.3 is 10.1 Å². The van der Waals surface area contributed by atoms with Gasteiger partial charge in [0.05, 0.1) is 6.61 Å². The Morgan fingerprint density at radius 1 is 1.42 bits per heavy atom. The second kappa shape index (κ2) is 5.73. The zero-order valence-electron chi connectivity index (χ0n) is 10.6. The number of hydrogen-bond donors (Lipinski definition) is 1. The molecule has 2 rings (SSSR count). The number of nitrogens with zero attached hydrogens (tertiary/aromatic N) is 2. The molecule has 0 aliphatic carbocycles. The maximum absolute atomic E-state index is 12.8. The second-order valence-electron chi connectivity index (χ2n) is 4.42. The van der Waals surface area contributed by atoms with Gasteiger partial charge in [-0.05, 0) is 26.3 Å². The molecule has 1 unspecified atom stereocenters. The molecule has 4 nitrogen and oxygen atoms in total. The van der Waals surface area contributed by atoms with Crippen molar-refractivity contribution in [2.24, 2.45) is 0 Å². The zero-order valence-corrected chi connectivity index (χ0v) is 10.6. The fourth-order valence-corrected chi connectivity index (χ4v) is 2.06. The van der Waals surface area contributed by atoms with Crippen molar-refractivity contribution in [1.29, 1.82) is 0 Å². The highest BCUT2D eigenvalue weighted by atomic mass is 19.4. The van der Waals surface area contributed by atoms with Crippen LogP contribution in [0.25, 0.3) is 0 Å². The Balaban J connectivity index is 2.33. The van der Waals surface area contributed by atoms with E-state index in [4.69, 9.17) is 4.74 Å². The van der Waals surface area contributed by atoms with Gasteiger partial charge in [-0.1, -0.05) is 0 Å². The fraction of sp³-hybridized carbons (Fsp3) is 0.667. The van der Waals surface area contributed by atoms with Crippen LogP contribution in [0, 0.1) is 0 Å². The molecule has 7 heteroatoms. The summed E-state index contributed by atoms with van der Waals surface area (Å²) in [6.07, 6.45) is -2.78. The lowest BCUT2D eigenvalue weighted by Crippen LogP contribution is -2.30. The Morgan fingerprint density at radius 2 is 2.21 bits per heavy atom. The topological polar surface area (TPSA) is 47.0 Å². The number of piperidine rings is 1. The van der Waals surface area contributed by atoms with Crippen molar-refractivity contribution in [2.75, 3.05) is 19.7 Å². The molecule has 0 bridgehead atoms. The normalized spacial score (nSPS) is 20.3. The molecule has 0 spiro atoms. The van der Waals surface area contributed by atoms with Crippen LogP contribution < -0.4 is 10.1 Å². The number of ether oxygens (including phenoxy) is 1.